The van der Waals surface area contributed by atoms with Crippen LogP contribution in [0.25, 0.3) is 0 Å². The van der Waals surface area contributed by atoms with Gasteiger partial charge >= 0.3 is 0 Å². The molecule has 0 spiro atoms. The molecule has 3 heteroatoms. The van der Waals surface area contributed by atoms with Gasteiger partial charge in [-0.15, -0.1) is 0 Å². The predicted molar refractivity (Wildman–Crippen MR) is 73.1 cm³/mol. The minimum atomic E-state index is 0.194. The van der Waals surface area contributed by atoms with Crippen molar-refractivity contribution in [3.63, 3.8) is 0 Å². The molecule has 1 fully saturated rings. The third-order valence-electron chi connectivity index (χ3n) is 4.09. The van der Waals surface area contributed by atoms with Gasteiger partial charge in [-0.3, -0.25) is 0 Å². The largest absolute Gasteiger partial charge is 0.376 e. The van der Waals surface area contributed by atoms with Gasteiger partial charge in [0.15, 0.2) is 0 Å². The lowest BCUT2D eigenvalue weighted by Gasteiger charge is -2.39. The summed E-state index contributed by atoms with van der Waals surface area (Å²) in [5.74, 6) is 0. The molecule has 0 aromatic rings. The maximum atomic E-state index is 5.73. The number of nitrogens with zero attached hydrogens (tertiary/aromatic N) is 1. The zero-order valence-corrected chi connectivity index (χ0v) is 12.0. The highest BCUT2D eigenvalue weighted by molar-refractivity contribution is 4.83. The summed E-state index contributed by atoms with van der Waals surface area (Å²) in [5, 5.41) is 0. The van der Waals surface area contributed by atoms with E-state index < -0.39 is 0 Å². The minimum absolute atomic E-state index is 0.194. The summed E-state index contributed by atoms with van der Waals surface area (Å²) in [5.41, 5.74) is 6.27. The Kier molecular flexibility index (Phi) is 5.90. The van der Waals surface area contributed by atoms with Crippen molar-refractivity contribution in [1.29, 1.82) is 0 Å². The van der Waals surface area contributed by atoms with E-state index in [1.165, 1.54) is 25.7 Å². The van der Waals surface area contributed by atoms with Crippen LogP contribution < -0.4 is 5.73 Å². The van der Waals surface area contributed by atoms with Crippen molar-refractivity contribution in [2.75, 3.05) is 26.7 Å². The lowest BCUT2D eigenvalue weighted by atomic mass is 9.75. The predicted octanol–water partition coefficient (Wildman–Crippen LogP) is 2.25. The van der Waals surface area contributed by atoms with Crippen LogP contribution in [-0.4, -0.2) is 43.8 Å². The van der Waals surface area contributed by atoms with Gasteiger partial charge < -0.3 is 15.4 Å². The van der Waals surface area contributed by atoms with Crippen LogP contribution in [0.5, 0.6) is 0 Å². The second kappa shape index (κ2) is 6.72. The molecule has 0 aromatic heterocycles. The maximum Gasteiger partial charge on any atom is 0.0823 e. The molecule has 1 aliphatic rings. The molecule has 0 amide bonds. The van der Waals surface area contributed by atoms with Crippen LogP contribution in [0.15, 0.2) is 0 Å². The summed E-state index contributed by atoms with van der Waals surface area (Å²) in [6.45, 7) is 9.14. The molecular formula is C14H30N2O. The summed E-state index contributed by atoms with van der Waals surface area (Å²) in [6.07, 6.45) is 5.49. The molecule has 0 aliphatic heterocycles. The molecule has 1 rings (SSSR count). The van der Waals surface area contributed by atoms with E-state index in [1.54, 1.807) is 0 Å². The van der Waals surface area contributed by atoms with Gasteiger partial charge in [0.25, 0.3) is 0 Å². The van der Waals surface area contributed by atoms with Crippen molar-refractivity contribution in [2.24, 2.45) is 11.1 Å². The highest BCUT2D eigenvalue weighted by Gasteiger charge is 2.29. The molecule has 1 atom stereocenters. The van der Waals surface area contributed by atoms with E-state index in [9.17, 15) is 0 Å². The van der Waals surface area contributed by atoms with Crippen molar-refractivity contribution >= 4 is 0 Å². The number of nitrogens with two attached hydrogens (primary N) is 1. The van der Waals surface area contributed by atoms with Crippen molar-refractivity contribution in [2.45, 2.75) is 58.6 Å². The van der Waals surface area contributed by atoms with E-state index in [4.69, 9.17) is 10.5 Å². The fraction of sp³-hybridized carbons (Fsp3) is 1.00. The van der Waals surface area contributed by atoms with E-state index in [0.717, 1.165) is 19.2 Å². The second-order valence-corrected chi connectivity index (χ2v) is 6.15. The monoisotopic (exact) mass is 242 g/mol. The summed E-state index contributed by atoms with van der Waals surface area (Å²) in [6, 6.07) is 0.720. The molecule has 102 valence electrons. The summed E-state index contributed by atoms with van der Waals surface area (Å²) >= 11 is 0. The molecule has 0 bridgehead atoms. The first-order chi connectivity index (χ1) is 7.98. The number of rotatable bonds is 6. The Morgan fingerprint density at radius 1 is 1.35 bits per heavy atom. The van der Waals surface area contributed by atoms with Crippen molar-refractivity contribution < 1.29 is 4.74 Å². The van der Waals surface area contributed by atoms with Gasteiger partial charge in [-0.25, -0.2) is 0 Å². The van der Waals surface area contributed by atoms with E-state index in [-0.39, 0.29) is 6.10 Å². The highest BCUT2D eigenvalue weighted by Crippen LogP contribution is 2.36. The summed E-state index contributed by atoms with van der Waals surface area (Å²) in [7, 11) is 2.21. The minimum Gasteiger partial charge on any atom is -0.376 e. The topological polar surface area (TPSA) is 38.5 Å². The van der Waals surface area contributed by atoms with E-state index >= 15 is 0 Å². The number of ether oxygens (including phenoxy) is 1. The number of likely N-dealkylation sites (N-methyl/N-ethyl adjacent to an activating group) is 1. The number of hydrogen-bond donors (Lipinski definition) is 1. The Bertz CT molecular complexity index is 208. The van der Waals surface area contributed by atoms with Gasteiger partial charge in [0.05, 0.1) is 6.10 Å². The van der Waals surface area contributed by atoms with Crippen molar-refractivity contribution in [3.05, 3.63) is 0 Å². The number of hydrogen-bond acceptors (Lipinski definition) is 3. The van der Waals surface area contributed by atoms with Crippen molar-refractivity contribution in [3.8, 4) is 0 Å². The molecule has 1 saturated carbocycles. The van der Waals surface area contributed by atoms with Gasteiger partial charge in [-0.1, -0.05) is 13.8 Å². The Morgan fingerprint density at radius 2 is 1.94 bits per heavy atom. The molecule has 0 aromatic carbocycles. The van der Waals surface area contributed by atoms with Gasteiger partial charge in [0.2, 0.25) is 0 Å². The second-order valence-electron chi connectivity index (χ2n) is 6.15. The molecule has 17 heavy (non-hydrogen) atoms. The molecular weight excluding hydrogens is 212 g/mol. The fourth-order valence-corrected chi connectivity index (χ4v) is 2.73. The van der Waals surface area contributed by atoms with E-state index in [2.05, 4.69) is 25.8 Å². The maximum absolute atomic E-state index is 5.73. The normalized spacial score (nSPS) is 22.9. The summed E-state index contributed by atoms with van der Waals surface area (Å²) in [4.78, 5) is 2.45. The lowest BCUT2D eigenvalue weighted by molar-refractivity contribution is 0.0246. The standard InChI is InChI=1S/C14H30N2O/c1-5-17-13(10-15)11-16(4)12-6-8-14(2,3)9-7-12/h12-13H,5-11,15H2,1-4H3. The van der Waals surface area contributed by atoms with E-state index in [1.807, 2.05) is 6.92 Å². The Labute approximate surface area is 107 Å². The molecule has 0 heterocycles. The molecule has 2 N–H and O–H groups in total. The van der Waals surface area contributed by atoms with E-state index in [0.29, 0.717) is 12.0 Å². The highest BCUT2D eigenvalue weighted by atomic mass is 16.5. The average Bonchev–Trinajstić information content (AvgIpc) is 2.28. The van der Waals surface area contributed by atoms with Crippen LogP contribution in [0.4, 0.5) is 0 Å². The molecule has 1 unspecified atom stereocenters. The van der Waals surface area contributed by atoms with Gasteiger partial charge in [-0.05, 0) is 45.1 Å². The molecule has 0 saturated heterocycles. The Morgan fingerprint density at radius 3 is 2.41 bits per heavy atom. The van der Waals surface area contributed by atoms with Gasteiger partial charge in [0, 0.05) is 25.7 Å². The smallest absolute Gasteiger partial charge is 0.0823 e. The molecule has 0 radical (unpaired) electrons. The van der Waals surface area contributed by atoms with Gasteiger partial charge in [0.1, 0.15) is 0 Å². The first kappa shape index (κ1) is 14.9. The van der Waals surface area contributed by atoms with Gasteiger partial charge in [-0.2, -0.15) is 0 Å². The Balaban J connectivity index is 2.35. The zero-order valence-electron chi connectivity index (χ0n) is 12.0. The van der Waals surface area contributed by atoms with Crippen LogP contribution in [0.2, 0.25) is 0 Å². The zero-order chi connectivity index (χ0) is 12.9. The first-order valence-electron chi connectivity index (χ1n) is 7.00. The lowest BCUT2D eigenvalue weighted by Crippen LogP contribution is -2.43. The molecule has 1 aliphatic carbocycles. The first-order valence-corrected chi connectivity index (χ1v) is 7.00. The van der Waals surface area contributed by atoms with Crippen LogP contribution in [0.1, 0.15) is 46.5 Å². The third kappa shape index (κ3) is 4.94. The quantitative estimate of drug-likeness (QED) is 0.776. The summed E-state index contributed by atoms with van der Waals surface area (Å²) < 4.78 is 5.63. The fourth-order valence-electron chi connectivity index (χ4n) is 2.73. The van der Waals surface area contributed by atoms with Crippen LogP contribution in [-0.2, 0) is 4.74 Å². The Hall–Kier alpha value is -0.120. The third-order valence-corrected chi connectivity index (χ3v) is 4.09. The van der Waals surface area contributed by atoms with Crippen molar-refractivity contribution in [1.82, 2.24) is 4.90 Å². The molecule has 3 nitrogen and oxygen atoms in total. The average molecular weight is 242 g/mol. The van der Waals surface area contributed by atoms with Crippen LogP contribution in [0, 0.1) is 5.41 Å². The van der Waals surface area contributed by atoms with Crippen LogP contribution >= 0.6 is 0 Å². The SMILES string of the molecule is CCOC(CN)CN(C)C1CCC(C)(C)CC1. The van der Waals surface area contributed by atoms with Crippen LogP contribution in [0.3, 0.4) is 0 Å².